The Morgan fingerprint density at radius 2 is 1.75 bits per heavy atom. The normalized spacial score (nSPS) is 12.2. The highest BCUT2D eigenvalue weighted by atomic mass is 35.5. The van der Waals surface area contributed by atoms with Crippen LogP contribution in [0.1, 0.15) is 22.8 Å². The predicted octanol–water partition coefficient (Wildman–Crippen LogP) is 4.59. The topological polar surface area (TPSA) is 29.5 Å². The molecule has 2 aromatic carbocycles. The van der Waals surface area contributed by atoms with Crippen LogP contribution in [0.2, 0.25) is 10.0 Å². The Balaban J connectivity index is 2.27. The van der Waals surface area contributed by atoms with E-state index in [4.69, 9.17) is 27.9 Å². The number of rotatable bonds is 4. The highest BCUT2D eigenvalue weighted by molar-refractivity contribution is 6.31. The molecule has 0 aromatic heterocycles. The van der Waals surface area contributed by atoms with Gasteiger partial charge in [-0.15, -0.1) is 0 Å². The standard InChI is InChI=1S/C16H16Cl2O2/c1-10-7-12(17)3-5-14(10)15(19)9-11-8-13(18)4-6-16(11)20-2/h3-8,15,19H,9H2,1-2H3. The van der Waals surface area contributed by atoms with E-state index >= 15 is 0 Å². The van der Waals surface area contributed by atoms with Crippen LogP contribution in [-0.2, 0) is 6.42 Å². The first-order valence-electron chi connectivity index (χ1n) is 6.28. The van der Waals surface area contributed by atoms with Gasteiger partial charge in [0, 0.05) is 16.5 Å². The smallest absolute Gasteiger partial charge is 0.122 e. The molecule has 2 rings (SSSR count). The molecule has 2 nitrogen and oxygen atoms in total. The van der Waals surface area contributed by atoms with Crippen molar-refractivity contribution in [3.05, 3.63) is 63.1 Å². The Hall–Kier alpha value is -1.22. The monoisotopic (exact) mass is 310 g/mol. The minimum Gasteiger partial charge on any atom is -0.496 e. The summed E-state index contributed by atoms with van der Waals surface area (Å²) in [5.41, 5.74) is 2.70. The number of aliphatic hydroxyl groups excluding tert-OH is 1. The first kappa shape index (κ1) is 15.2. The van der Waals surface area contributed by atoms with Crippen LogP contribution in [0.3, 0.4) is 0 Å². The summed E-state index contributed by atoms with van der Waals surface area (Å²) >= 11 is 11.9. The van der Waals surface area contributed by atoms with Gasteiger partial charge in [0.15, 0.2) is 0 Å². The van der Waals surface area contributed by atoms with Crippen LogP contribution in [-0.4, -0.2) is 12.2 Å². The zero-order valence-corrected chi connectivity index (χ0v) is 12.9. The third-order valence-corrected chi connectivity index (χ3v) is 3.72. The fourth-order valence-electron chi connectivity index (χ4n) is 2.24. The maximum atomic E-state index is 10.4. The van der Waals surface area contributed by atoms with E-state index in [1.54, 1.807) is 25.3 Å². The van der Waals surface area contributed by atoms with Crippen LogP contribution in [0, 0.1) is 6.92 Å². The van der Waals surface area contributed by atoms with Crippen molar-refractivity contribution in [3.63, 3.8) is 0 Å². The molecule has 20 heavy (non-hydrogen) atoms. The predicted molar refractivity (Wildman–Crippen MR) is 82.9 cm³/mol. The fourth-order valence-corrected chi connectivity index (χ4v) is 2.66. The molecule has 1 unspecified atom stereocenters. The molecule has 0 aliphatic rings. The highest BCUT2D eigenvalue weighted by Gasteiger charge is 2.14. The number of hydrogen-bond donors (Lipinski definition) is 1. The molecule has 0 aliphatic carbocycles. The molecule has 0 saturated heterocycles. The maximum absolute atomic E-state index is 10.4. The van der Waals surface area contributed by atoms with Gasteiger partial charge in [0.1, 0.15) is 5.75 Å². The fraction of sp³-hybridized carbons (Fsp3) is 0.250. The van der Waals surface area contributed by atoms with Gasteiger partial charge in [0.05, 0.1) is 13.2 Å². The number of halogens is 2. The summed E-state index contributed by atoms with van der Waals surface area (Å²) < 4.78 is 5.30. The van der Waals surface area contributed by atoms with Gasteiger partial charge < -0.3 is 9.84 Å². The second-order valence-corrected chi connectivity index (χ2v) is 5.55. The highest BCUT2D eigenvalue weighted by Crippen LogP contribution is 2.29. The van der Waals surface area contributed by atoms with Crippen LogP contribution in [0.25, 0.3) is 0 Å². The van der Waals surface area contributed by atoms with E-state index in [1.165, 1.54) is 0 Å². The van der Waals surface area contributed by atoms with Crippen molar-refractivity contribution in [1.82, 2.24) is 0 Å². The van der Waals surface area contributed by atoms with Crippen LogP contribution < -0.4 is 4.74 Å². The molecule has 0 fully saturated rings. The molecule has 0 radical (unpaired) electrons. The van der Waals surface area contributed by atoms with Gasteiger partial charge in [-0.1, -0.05) is 29.3 Å². The van der Waals surface area contributed by atoms with Crippen LogP contribution in [0.5, 0.6) is 5.75 Å². The second kappa shape index (κ2) is 6.49. The lowest BCUT2D eigenvalue weighted by atomic mass is 9.97. The van der Waals surface area contributed by atoms with E-state index in [-0.39, 0.29) is 0 Å². The van der Waals surface area contributed by atoms with E-state index in [0.717, 1.165) is 22.4 Å². The third-order valence-electron chi connectivity index (χ3n) is 3.25. The average molecular weight is 311 g/mol. The molecule has 0 heterocycles. The van der Waals surface area contributed by atoms with Crippen molar-refractivity contribution in [2.75, 3.05) is 7.11 Å². The lowest BCUT2D eigenvalue weighted by Gasteiger charge is -2.16. The van der Waals surface area contributed by atoms with E-state index in [1.807, 2.05) is 25.1 Å². The molecular weight excluding hydrogens is 295 g/mol. The lowest BCUT2D eigenvalue weighted by Crippen LogP contribution is -2.05. The van der Waals surface area contributed by atoms with E-state index in [2.05, 4.69) is 0 Å². The molecule has 0 amide bonds. The minimum atomic E-state index is -0.625. The zero-order valence-electron chi connectivity index (χ0n) is 11.4. The Kier molecular flexibility index (Phi) is 4.92. The Morgan fingerprint density at radius 1 is 1.10 bits per heavy atom. The summed E-state index contributed by atoms with van der Waals surface area (Å²) in [4.78, 5) is 0. The number of methoxy groups -OCH3 is 1. The van der Waals surface area contributed by atoms with Crippen molar-refractivity contribution >= 4 is 23.2 Å². The number of ether oxygens (including phenoxy) is 1. The zero-order chi connectivity index (χ0) is 14.7. The quantitative estimate of drug-likeness (QED) is 0.895. The molecule has 1 atom stereocenters. The summed E-state index contributed by atoms with van der Waals surface area (Å²) in [6, 6.07) is 10.9. The number of hydrogen-bond acceptors (Lipinski definition) is 2. The molecule has 4 heteroatoms. The SMILES string of the molecule is COc1ccc(Cl)cc1CC(O)c1ccc(Cl)cc1C. The molecule has 0 bridgehead atoms. The third kappa shape index (κ3) is 3.45. The number of aryl methyl sites for hydroxylation is 1. The van der Waals surface area contributed by atoms with E-state index in [0.29, 0.717) is 16.5 Å². The summed E-state index contributed by atoms with van der Waals surface area (Å²) in [5.74, 6) is 0.722. The van der Waals surface area contributed by atoms with Crippen LogP contribution in [0.4, 0.5) is 0 Å². The van der Waals surface area contributed by atoms with Crippen LogP contribution >= 0.6 is 23.2 Å². The Morgan fingerprint density at radius 3 is 2.40 bits per heavy atom. The van der Waals surface area contributed by atoms with Gasteiger partial charge in [0.25, 0.3) is 0 Å². The largest absolute Gasteiger partial charge is 0.496 e. The molecule has 106 valence electrons. The minimum absolute atomic E-state index is 0.437. The summed E-state index contributed by atoms with van der Waals surface area (Å²) in [6.07, 6.45) is -0.189. The van der Waals surface area contributed by atoms with Crippen molar-refractivity contribution in [2.45, 2.75) is 19.4 Å². The van der Waals surface area contributed by atoms with Gasteiger partial charge in [0.2, 0.25) is 0 Å². The number of benzene rings is 2. The maximum Gasteiger partial charge on any atom is 0.122 e. The number of aliphatic hydroxyl groups is 1. The van der Waals surface area contributed by atoms with Gasteiger partial charge in [-0.2, -0.15) is 0 Å². The van der Waals surface area contributed by atoms with Crippen molar-refractivity contribution in [3.8, 4) is 5.75 Å². The molecule has 0 spiro atoms. The van der Waals surface area contributed by atoms with Crippen LogP contribution in [0.15, 0.2) is 36.4 Å². The van der Waals surface area contributed by atoms with Crippen molar-refractivity contribution in [2.24, 2.45) is 0 Å². The first-order valence-corrected chi connectivity index (χ1v) is 7.03. The van der Waals surface area contributed by atoms with Gasteiger partial charge >= 0.3 is 0 Å². The van der Waals surface area contributed by atoms with Gasteiger partial charge in [-0.05, 0) is 53.9 Å². The first-order chi connectivity index (χ1) is 9.51. The van der Waals surface area contributed by atoms with Crippen molar-refractivity contribution in [1.29, 1.82) is 0 Å². The van der Waals surface area contributed by atoms with E-state index < -0.39 is 6.10 Å². The van der Waals surface area contributed by atoms with E-state index in [9.17, 15) is 5.11 Å². The summed E-state index contributed by atoms with van der Waals surface area (Å²) in [6.45, 7) is 1.93. The summed E-state index contributed by atoms with van der Waals surface area (Å²) in [5, 5.41) is 11.7. The molecule has 0 aliphatic heterocycles. The average Bonchev–Trinajstić information content (AvgIpc) is 2.38. The Labute approximate surface area is 128 Å². The second-order valence-electron chi connectivity index (χ2n) is 4.68. The summed E-state index contributed by atoms with van der Waals surface area (Å²) in [7, 11) is 1.60. The molecular formula is C16H16Cl2O2. The molecule has 1 N–H and O–H groups in total. The Bertz CT molecular complexity index is 611. The molecule has 2 aromatic rings. The lowest BCUT2D eigenvalue weighted by molar-refractivity contribution is 0.176. The van der Waals surface area contributed by atoms with Gasteiger partial charge in [-0.3, -0.25) is 0 Å². The van der Waals surface area contributed by atoms with Gasteiger partial charge in [-0.25, -0.2) is 0 Å². The van der Waals surface area contributed by atoms with Crippen molar-refractivity contribution < 1.29 is 9.84 Å². The molecule has 0 saturated carbocycles.